The SMILES string of the molecule is Nc1nc(CC(=O)O)c(I)cc1C(F)F. The molecule has 0 aliphatic rings. The van der Waals surface area contributed by atoms with Crippen molar-refractivity contribution in [1.82, 2.24) is 4.98 Å². The number of hydrogen-bond donors (Lipinski definition) is 2. The Balaban J connectivity index is 3.13. The lowest BCUT2D eigenvalue weighted by molar-refractivity contribution is -0.136. The maximum absolute atomic E-state index is 12.4. The molecule has 0 atom stereocenters. The lowest BCUT2D eigenvalue weighted by Gasteiger charge is -2.07. The molecule has 1 aromatic rings. The number of pyridine rings is 1. The maximum Gasteiger partial charge on any atom is 0.309 e. The minimum Gasteiger partial charge on any atom is -0.481 e. The summed E-state index contributed by atoms with van der Waals surface area (Å²) < 4.78 is 25.1. The van der Waals surface area contributed by atoms with E-state index in [9.17, 15) is 13.6 Å². The highest BCUT2D eigenvalue weighted by Crippen LogP contribution is 2.26. The van der Waals surface area contributed by atoms with Gasteiger partial charge in [0.1, 0.15) is 5.82 Å². The molecule has 3 N–H and O–H groups in total. The van der Waals surface area contributed by atoms with E-state index in [1.54, 1.807) is 22.6 Å². The molecule has 0 amide bonds. The number of carboxylic acid groups (broad SMARTS) is 1. The highest BCUT2D eigenvalue weighted by atomic mass is 127. The third-order valence-corrected chi connectivity index (χ3v) is 2.60. The van der Waals surface area contributed by atoms with Crippen molar-refractivity contribution in [3.63, 3.8) is 0 Å². The molecule has 1 heterocycles. The van der Waals surface area contributed by atoms with Crippen LogP contribution in [-0.4, -0.2) is 16.1 Å². The summed E-state index contributed by atoms with van der Waals surface area (Å²) in [6.45, 7) is 0. The van der Waals surface area contributed by atoms with E-state index in [4.69, 9.17) is 10.8 Å². The number of alkyl halides is 2. The number of anilines is 1. The number of nitrogens with zero attached hydrogens (tertiary/aromatic N) is 1. The molecule has 0 bridgehead atoms. The molecule has 4 nitrogen and oxygen atoms in total. The Morgan fingerprint density at radius 1 is 1.67 bits per heavy atom. The first-order valence-corrected chi connectivity index (χ1v) is 4.94. The first-order chi connectivity index (χ1) is 6.91. The van der Waals surface area contributed by atoms with Crippen LogP contribution in [0.15, 0.2) is 6.07 Å². The number of aliphatic carboxylic acids is 1. The summed E-state index contributed by atoms with van der Waals surface area (Å²) in [4.78, 5) is 14.1. The van der Waals surface area contributed by atoms with Crippen LogP contribution in [0, 0.1) is 3.57 Å². The van der Waals surface area contributed by atoms with E-state index in [1.807, 2.05) is 0 Å². The molecule has 0 aliphatic carbocycles. The van der Waals surface area contributed by atoms with Crippen LogP contribution in [-0.2, 0) is 11.2 Å². The van der Waals surface area contributed by atoms with Crippen molar-refractivity contribution >= 4 is 34.4 Å². The van der Waals surface area contributed by atoms with Crippen LogP contribution in [0.2, 0.25) is 0 Å². The van der Waals surface area contributed by atoms with E-state index in [1.165, 1.54) is 0 Å². The normalized spacial score (nSPS) is 10.7. The second-order valence-electron chi connectivity index (χ2n) is 2.76. The van der Waals surface area contributed by atoms with Crippen LogP contribution in [0.25, 0.3) is 0 Å². The number of rotatable bonds is 3. The summed E-state index contributed by atoms with van der Waals surface area (Å²) in [6.07, 6.45) is -3.03. The van der Waals surface area contributed by atoms with Gasteiger partial charge < -0.3 is 10.8 Å². The van der Waals surface area contributed by atoms with Gasteiger partial charge in [-0.15, -0.1) is 0 Å². The van der Waals surface area contributed by atoms with Gasteiger partial charge in [0.05, 0.1) is 17.7 Å². The van der Waals surface area contributed by atoms with Crippen molar-refractivity contribution in [3.05, 3.63) is 20.9 Å². The molecule has 0 aromatic carbocycles. The third kappa shape index (κ3) is 2.98. The summed E-state index contributed by atoms with van der Waals surface area (Å²) in [7, 11) is 0. The van der Waals surface area contributed by atoms with Crippen LogP contribution in [0.1, 0.15) is 17.7 Å². The summed E-state index contributed by atoms with van der Waals surface area (Å²) in [5.74, 6) is -1.40. The fourth-order valence-electron chi connectivity index (χ4n) is 0.999. The lowest BCUT2D eigenvalue weighted by Crippen LogP contribution is -2.08. The second-order valence-corrected chi connectivity index (χ2v) is 3.92. The van der Waals surface area contributed by atoms with Crippen molar-refractivity contribution in [2.24, 2.45) is 0 Å². The molecule has 0 spiro atoms. The smallest absolute Gasteiger partial charge is 0.309 e. The Labute approximate surface area is 97.6 Å². The van der Waals surface area contributed by atoms with Crippen LogP contribution in [0.4, 0.5) is 14.6 Å². The molecule has 1 rings (SSSR count). The fourth-order valence-corrected chi connectivity index (χ4v) is 1.65. The number of halogens is 3. The van der Waals surface area contributed by atoms with Gasteiger partial charge in [0.2, 0.25) is 0 Å². The molecule has 0 fully saturated rings. The average molecular weight is 328 g/mol. The van der Waals surface area contributed by atoms with Gasteiger partial charge in [-0.2, -0.15) is 0 Å². The zero-order chi connectivity index (χ0) is 11.6. The maximum atomic E-state index is 12.4. The first-order valence-electron chi connectivity index (χ1n) is 3.86. The number of carbonyl (C=O) groups is 1. The van der Waals surface area contributed by atoms with Gasteiger partial charge in [0.15, 0.2) is 0 Å². The average Bonchev–Trinajstić information content (AvgIpc) is 2.09. The highest BCUT2D eigenvalue weighted by Gasteiger charge is 2.16. The van der Waals surface area contributed by atoms with Crippen LogP contribution in [0.3, 0.4) is 0 Å². The highest BCUT2D eigenvalue weighted by molar-refractivity contribution is 14.1. The molecule has 0 radical (unpaired) electrons. The number of nitrogens with two attached hydrogens (primary N) is 1. The van der Waals surface area contributed by atoms with E-state index in [0.29, 0.717) is 3.57 Å². The van der Waals surface area contributed by atoms with Gasteiger partial charge in [-0.05, 0) is 28.7 Å². The summed E-state index contributed by atoms with van der Waals surface area (Å²) >= 11 is 1.75. The Morgan fingerprint density at radius 3 is 2.73 bits per heavy atom. The van der Waals surface area contributed by atoms with Gasteiger partial charge in [-0.3, -0.25) is 4.79 Å². The monoisotopic (exact) mass is 328 g/mol. The molecule has 0 saturated heterocycles. The van der Waals surface area contributed by atoms with Crippen molar-refractivity contribution in [2.45, 2.75) is 12.8 Å². The van der Waals surface area contributed by atoms with E-state index >= 15 is 0 Å². The quantitative estimate of drug-likeness (QED) is 0.830. The molecule has 82 valence electrons. The minimum absolute atomic E-state index is 0.199. The Kier molecular flexibility index (Phi) is 3.77. The van der Waals surface area contributed by atoms with Crippen LogP contribution >= 0.6 is 22.6 Å². The zero-order valence-electron chi connectivity index (χ0n) is 7.38. The minimum atomic E-state index is -2.70. The molecular weight excluding hydrogens is 321 g/mol. The Bertz CT molecular complexity index is 398. The predicted molar refractivity (Wildman–Crippen MR) is 57.7 cm³/mol. The third-order valence-electron chi connectivity index (χ3n) is 1.66. The lowest BCUT2D eigenvalue weighted by atomic mass is 10.2. The van der Waals surface area contributed by atoms with Crippen molar-refractivity contribution < 1.29 is 18.7 Å². The number of hydrogen-bond acceptors (Lipinski definition) is 3. The van der Waals surface area contributed by atoms with E-state index in [2.05, 4.69) is 4.98 Å². The van der Waals surface area contributed by atoms with Crippen LogP contribution in [0.5, 0.6) is 0 Å². The Hall–Kier alpha value is -0.990. The van der Waals surface area contributed by atoms with Crippen LogP contribution < -0.4 is 5.73 Å². The molecule has 0 saturated carbocycles. The van der Waals surface area contributed by atoms with Crippen molar-refractivity contribution in [3.8, 4) is 0 Å². The molecular formula is C8H7F2IN2O2. The van der Waals surface area contributed by atoms with E-state index < -0.39 is 12.4 Å². The molecule has 7 heteroatoms. The predicted octanol–water partition coefficient (Wildman–Crippen LogP) is 1.83. The molecule has 1 aromatic heterocycles. The number of nitrogen functional groups attached to an aromatic ring is 1. The van der Waals surface area contributed by atoms with Gasteiger partial charge in [0, 0.05) is 3.57 Å². The van der Waals surface area contributed by atoms with Crippen molar-refractivity contribution in [2.75, 3.05) is 5.73 Å². The summed E-state index contributed by atoms with van der Waals surface area (Å²) in [6, 6.07) is 1.16. The second kappa shape index (κ2) is 4.69. The number of aromatic nitrogens is 1. The van der Waals surface area contributed by atoms with E-state index in [0.717, 1.165) is 6.07 Å². The van der Waals surface area contributed by atoms with E-state index in [-0.39, 0.29) is 23.5 Å². The summed E-state index contributed by atoms with van der Waals surface area (Å²) in [5, 5.41) is 8.53. The summed E-state index contributed by atoms with van der Waals surface area (Å²) in [5.41, 5.74) is 5.11. The largest absolute Gasteiger partial charge is 0.481 e. The molecule has 15 heavy (non-hydrogen) atoms. The van der Waals surface area contributed by atoms with Crippen molar-refractivity contribution in [1.29, 1.82) is 0 Å². The van der Waals surface area contributed by atoms with Gasteiger partial charge in [0.25, 0.3) is 6.43 Å². The molecule has 0 aliphatic heterocycles. The van der Waals surface area contributed by atoms with Gasteiger partial charge in [-0.25, -0.2) is 13.8 Å². The topological polar surface area (TPSA) is 76.2 Å². The fraction of sp³-hybridized carbons (Fsp3) is 0.250. The molecule has 0 unspecified atom stereocenters. The first kappa shape index (κ1) is 12.1. The number of carboxylic acids is 1. The van der Waals surface area contributed by atoms with Gasteiger partial charge in [-0.1, -0.05) is 0 Å². The zero-order valence-corrected chi connectivity index (χ0v) is 9.53. The van der Waals surface area contributed by atoms with Gasteiger partial charge >= 0.3 is 5.97 Å². The Morgan fingerprint density at radius 2 is 2.27 bits per heavy atom. The standard InChI is InChI=1S/C8H7F2IN2O2/c9-7(10)3-1-4(11)5(2-6(14)15)13-8(3)12/h1,7H,2H2,(H2,12,13)(H,14,15).